The molecule has 1 aliphatic heterocycles. The molecular formula is C21H22FN5O. The van der Waals surface area contributed by atoms with Gasteiger partial charge in [0.2, 0.25) is 0 Å². The Bertz CT molecular complexity index is 964. The van der Waals surface area contributed by atoms with Crippen molar-refractivity contribution in [1.82, 2.24) is 19.7 Å². The third-order valence-corrected chi connectivity index (χ3v) is 5.16. The summed E-state index contributed by atoms with van der Waals surface area (Å²) in [5.74, 6) is -0.354. The maximum Gasteiger partial charge on any atom is 0.255 e. The van der Waals surface area contributed by atoms with Gasteiger partial charge in [-0.15, -0.1) is 0 Å². The summed E-state index contributed by atoms with van der Waals surface area (Å²) in [6.45, 7) is 1.47. The molecule has 1 aromatic carbocycles. The molecule has 3 aromatic rings. The summed E-state index contributed by atoms with van der Waals surface area (Å²) in [6, 6.07) is 11.3. The number of amides is 1. The maximum atomic E-state index is 14.5. The third kappa shape index (κ3) is 3.66. The molecule has 3 heterocycles. The zero-order chi connectivity index (χ0) is 19.5. The Morgan fingerprint density at radius 1 is 1.18 bits per heavy atom. The fraction of sp³-hybridized carbons (Fsp3) is 0.286. The van der Waals surface area contributed by atoms with Gasteiger partial charge in [0.25, 0.3) is 5.91 Å². The number of carbonyl (C=O) groups is 1. The van der Waals surface area contributed by atoms with E-state index in [2.05, 4.69) is 10.1 Å². The van der Waals surface area contributed by atoms with Crippen LogP contribution in [-0.2, 0) is 6.54 Å². The first kappa shape index (κ1) is 18.3. The van der Waals surface area contributed by atoms with Crippen molar-refractivity contribution in [2.75, 3.05) is 13.1 Å². The van der Waals surface area contributed by atoms with Crippen molar-refractivity contribution in [3.8, 4) is 5.69 Å². The standard InChI is InChI=1S/C21H22FN5O/c22-19-14-27(18-4-2-1-3-5-18)25-20(19)16-6-8-26(9-7-16)21(28)17-10-15(11-23)12-24-13-17/h1-5,10,12-14,16H,6-9,11,23H2. The first-order chi connectivity index (χ1) is 13.7. The van der Waals surface area contributed by atoms with E-state index >= 15 is 0 Å². The molecule has 0 bridgehead atoms. The van der Waals surface area contributed by atoms with E-state index in [0.29, 0.717) is 43.7 Å². The number of hydrogen-bond donors (Lipinski definition) is 1. The highest BCUT2D eigenvalue weighted by molar-refractivity contribution is 5.94. The molecule has 6 nitrogen and oxygen atoms in total. The number of benzene rings is 1. The van der Waals surface area contributed by atoms with Crippen molar-refractivity contribution in [3.05, 3.63) is 77.6 Å². The highest BCUT2D eigenvalue weighted by Crippen LogP contribution is 2.30. The predicted octanol–water partition coefficient (Wildman–Crippen LogP) is 2.88. The van der Waals surface area contributed by atoms with Crippen LogP contribution in [0.15, 0.2) is 55.0 Å². The van der Waals surface area contributed by atoms with E-state index in [1.807, 2.05) is 30.3 Å². The van der Waals surface area contributed by atoms with Crippen molar-refractivity contribution in [1.29, 1.82) is 0 Å². The van der Waals surface area contributed by atoms with Gasteiger partial charge < -0.3 is 10.6 Å². The van der Waals surface area contributed by atoms with Crippen LogP contribution in [0.5, 0.6) is 0 Å². The smallest absolute Gasteiger partial charge is 0.255 e. The average Bonchev–Trinajstić information content (AvgIpc) is 3.15. The van der Waals surface area contributed by atoms with Gasteiger partial charge in [-0.25, -0.2) is 9.07 Å². The zero-order valence-electron chi connectivity index (χ0n) is 15.5. The second kappa shape index (κ2) is 7.90. The SMILES string of the molecule is NCc1cncc(C(=O)N2CCC(c3nn(-c4ccccc4)cc3F)CC2)c1. The Hall–Kier alpha value is -3.06. The van der Waals surface area contributed by atoms with E-state index in [-0.39, 0.29) is 17.6 Å². The largest absolute Gasteiger partial charge is 0.339 e. The molecule has 1 saturated heterocycles. The van der Waals surface area contributed by atoms with Gasteiger partial charge in [-0.1, -0.05) is 18.2 Å². The van der Waals surface area contributed by atoms with Gasteiger partial charge >= 0.3 is 0 Å². The van der Waals surface area contributed by atoms with Gasteiger partial charge in [0.05, 0.1) is 17.4 Å². The Kier molecular flexibility index (Phi) is 5.16. The molecular weight excluding hydrogens is 357 g/mol. The second-order valence-electron chi connectivity index (χ2n) is 6.99. The quantitative estimate of drug-likeness (QED) is 0.756. The molecule has 0 unspecified atom stereocenters. The number of rotatable bonds is 4. The van der Waals surface area contributed by atoms with Crippen molar-refractivity contribution < 1.29 is 9.18 Å². The topological polar surface area (TPSA) is 77.0 Å². The van der Waals surface area contributed by atoms with E-state index < -0.39 is 0 Å². The number of nitrogens with zero attached hydrogens (tertiary/aromatic N) is 4. The number of para-hydroxylation sites is 1. The monoisotopic (exact) mass is 379 g/mol. The van der Waals surface area contributed by atoms with Crippen molar-refractivity contribution >= 4 is 5.91 Å². The lowest BCUT2D eigenvalue weighted by Crippen LogP contribution is -2.38. The minimum Gasteiger partial charge on any atom is -0.339 e. The van der Waals surface area contributed by atoms with E-state index in [4.69, 9.17) is 5.73 Å². The maximum absolute atomic E-state index is 14.5. The first-order valence-electron chi connectivity index (χ1n) is 9.39. The fourth-order valence-electron chi connectivity index (χ4n) is 3.61. The zero-order valence-corrected chi connectivity index (χ0v) is 15.5. The summed E-state index contributed by atoms with van der Waals surface area (Å²) in [5, 5.41) is 4.47. The van der Waals surface area contributed by atoms with Crippen LogP contribution in [0.25, 0.3) is 5.69 Å². The summed E-state index contributed by atoms with van der Waals surface area (Å²) in [5.41, 5.74) is 8.30. The minimum absolute atomic E-state index is 0.00233. The third-order valence-electron chi connectivity index (χ3n) is 5.16. The van der Waals surface area contributed by atoms with Crippen LogP contribution in [0.1, 0.15) is 40.4 Å². The van der Waals surface area contributed by atoms with Crippen LogP contribution in [0.3, 0.4) is 0 Å². The Morgan fingerprint density at radius 2 is 1.93 bits per heavy atom. The number of halogens is 1. The molecule has 28 heavy (non-hydrogen) atoms. The molecule has 0 spiro atoms. The number of hydrogen-bond acceptors (Lipinski definition) is 4. The lowest BCUT2D eigenvalue weighted by atomic mass is 9.93. The van der Waals surface area contributed by atoms with Gasteiger partial charge in [0.15, 0.2) is 5.82 Å². The molecule has 4 rings (SSSR count). The summed E-state index contributed by atoms with van der Waals surface area (Å²) >= 11 is 0. The molecule has 2 aromatic heterocycles. The van der Waals surface area contributed by atoms with Gasteiger partial charge in [0.1, 0.15) is 5.69 Å². The van der Waals surface area contributed by atoms with Crippen molar-refractivity contribution in [3.63, 3.8) is 0 Å². The molecule has 0 radical (unpaired) electrons. The summed E-state index contributed by atoms with van der Waals surface area (Å²) in [4.78, 5) is 18.6. The summed E-state index contributed by atoms with van der Waals surface area (Å²) in [6.07, 6.45) is 6.01. The first-order valence-corrected chi connectivity index (χ1v) is 9.39. The van der Waals surface area contributed by atoms with E-state index in [1.165, 1.54) is 6.20 Å². The molecule has 1 aliphatic rings. The van der Waals surface area contributed by atoms with Crippen molar-refractivity contribution in [2.24, 2.45) is 5.73 Å². The lowest BCUT2D eigenvalue weighted by molar-refractivity contribution is 0.0711. The summed E-state index contributed by atoms with van der Waals surface area (Å²) < 4.78 is 16.1. The van der Waals surface area contributed by atoms with E-state index in [0.717, 1.165) is 11.3 Å². The highest BCUT2D eigenvalue weighted by Gasteiger charge is 2.28. The molecule has 7 heteroatoms. The van der Waals surface area contributed by atoms with Gasteiger partial charge in [-0.05, 0) is 36.6 Å². The Morgan fingerprint density at radius 3 is 2.64 bits per heavy atom. The summed E-state index contributed by atoms with van der Waals surface area (Å²) in [7, 11) is 0. The van der Waals surface area contributed by atoms with Gasteiger partial charge in [-0.3, -0.25) is 9.78 Å². The minimum atomic E-state index is -0.298. The van der Waals surface area contributed by atoms with Crippen LogP contribution in [-0.4, -0.2) is 38.7 Å². The average molecular weight is 379 g/mol. The van der Waals surface area contributed by atoms with Crippen LogP contribution >= 0.6 is 0 Å². The number of aromatic nitrogens is 3. The number of piperidine rings is 1. The van der Waals surface area contributed by atoms with Gasteiger partial charge in [0, 0.05) is 37.9 Å². The van der Waals surface area contributed by atoms with Crippen LogP contribution in [0.4, 0.5) is 4.39 Å². The lowest BCUT2D eigenvalue weighted by Gasteiger charge is -2.31. The Labute approximate surface area is 162 Å². The number of nitrogens with two attached hydrogens (primary N) is 1. The second-order valence-corrected chi connectivity index (χ2v) is 6.99. The number of carbonyl (C=O) groups excluding carboxylic acids is 1. The molecule has 1 fully saturated rings. The number of pyridine rings is 1. The number of likely N-dealkylation sites (tertiary alicyclic amines) is 1. The highest BCUT2D eigenvalue weighted by atomic mass is 19.1. The Balaban J connectivity index is 1.44. The molecule has 0 atom stereocenters. The molecule has 0 aliphatic carbocycles. The van der Waals surface area contributed by atoms with Crippen molar-refractivity contribution in [2.45, 2.75) is 25.3 Å². The van der Waals surface area contributed by atoms with E-state index in [9.17, 15) is 9.18 Å². The molecule has 144 valence electrons. The predicted molar refractivity (Wildman–Crippen MR) is 104 cm³/mol. The fourth-order valence-corrected chi connectivity index (χ4v) is 3.61. The molecule has 1 amide bonds. The normalized spacial score (nSPS) is 15.0. The van der Waals surface area contributed by atoms with Crippen LogP contribution in [0, 0.1) is 5.82 Å². The van der Waals surface area contributed by atoms with E-state index in [1.54, 1.807) is 28.0 Å². The van der Waals surface area contributed by atoms with Crippen LogP contribution in [0.2, 0.25) is 0 Å². The molecule has 2 N–H and O–H groups in total. The van der Waals surface area contributed by atoms with Crippen LogP contribution < -0.4 is 5.73 Å². The molecule has 0 saturated carbocycles. The van der Waals surface area contributed by atoms with Gasteiger partial charge in [-0.2, -0.15) is 5.10 Å².